The van der Waals surface area contributed by atoms with Crippen molar-refractivity contribution in [3.63, 3.8) is 0 Å². The highest BCUT2D eigenvalue weighted by molar-refractivity contribution is 5.79. The summed E-state index contributed by atoms with van der Waals surface area (Å²) in [7, 11) is 0. The molecule has 2 atom stereocenters. The number of hydrogen-bond donors (Lipinski definition) is 2. The second-order valence-electron chi connectivity index (χ2n) is 4.69. The molecule has 1 aliphatic heterocycles. The normalized spacial score (nSPS) is 26.9. The molecule has 82 valence electrons. The molecule has 1 fully saturated rings. The third kappa shape index (κ3) is 3.66. The van der Waals surface area contributed by atoms with E-state index in [1.165, 1.54) is 32.4 Å². The molecule has 0 radical (unpaired) electrons. The van der Waals surface area contributed by atoms with Crippen LogP contribution in [0.2, 0.25) is 0 Å². The van der Waals surface area contributed by atoms with Crippen molar-refractivity contribution in [3.8, 4) is 0 Å². The van der Waals surface area contributed by atoms with Gasteiger partial charge in [-0.2, -0.15) is 0 Å². The van der Waals surface area contributed by atoms with E-state index >= 15 is 0 Å². The van der Waals surface area contributed by atoms with E-state index in [1.807, 2.05) is 6.92 Å². The maximum absolute atomic E-state index is 7.36. The van der Waals surface area contributed by atoms with E-state index in [2.05, 4.69) is 11.8 Å². The number of rotatable bonds is 3. The second-order valence-corrected chi connectivity index (χ2v) is 4.69. The third-order valence-corrected chi connectivity index (χ3v) is 3.17. The van der Waals surface area contributed by atoms with Gasteiger partial charge in [-0.3, -0.25) is 5.41 Å². The van der Waals surface area contributed by atoms with E-state index < -0.39 is 0 Å². The molecule has 0 saturated carbocycles. The fraction of sp³-hybridized carbons (Fsp3) is 0.909. The van der Waals surface area contributed by atoms with Crippen LogP contribution in [0, 0.1) is 17.2 Å². The summed E-state index contributed by atoms with van der Waals surface area (Å²) in [4.78, 5) is 2.45. The standard InChI is InChI=1S/C11H23N3/c1-9-4-3-6-14(7-5-9)8-10(2)11(12)13/h9-10H,3-8H2,1-2H3,(H3,12,13). The predicted octanol–water partition coefficient (Wildman–Crippen LogP) is 1.68. The largest absolute Gasteiger partial charge is 0.387 e. The summed E-state index contributed by atoms with van der Waals surface area (Å²) >= 11 is 0. The van der Waals surface area contributed by atoms with Crippen LogP contribution in [-0.4, -0.2) is 30.4 Å². The summed E-state index contributed by atoms with van der Waals surface area (Å²) in [5.41, 5.74) is 5.48. The third-order valence-electron chi connectivity index (χ3n) is 3.17. The van der Waals surface area contributed by atoms with Crippen molar-refractivity contribution in [2.24, 2.45) is 17.6 Å². The van der Waals surface area contributed by atoms with Gasteiger partial charge in [0.15, 0.2) is 0 Å². The van der Waals surface area contributed by atoms with Gasteiger partial charge in [-0.1, -0.05) is 13.8 Å². The average molecular weight is 197 g/mol. The maximum Gasteiger partial charge on any atom is 0.0947 e. The molecule has 0 aromatic rings. The molecular formula is C11H23N3. The fourth-order valence-corrected chi connectivity index (χ4v) is 1.99. The Morgan fingerprint density at radius 2 is 2.21 bits per heavy atom. The fourth-order valence-electron chi connectivity index (χ4n) is 1.99. The molecule has 2 unspecified atom stereocenters. The average Bonchev–Trinajstić information content (AvgIpc) is 2.31. The Morgan fingerprint density at radius 3 is 2.86 bits per heavy atom. The molecule has 1 rings (SSSR count). The van der Waals surface area contributed by atoms with Gasteiger partial charge < -0.3 is 10.6 Å². The summed E-state index contributed by atoms with van der Waals surface area (Å²) < 4.78 is 0. The summed E-state index contributed by atoms with van der Waals surface area (Å²) in [6.07, 6.45) is 3.95. The Labute approximate surface area is 87.2 Å². The van der Waals surface area contributed by atoms with Crippen LogP contribution in [0.15, 0.2) is 0 Å². The zero-order valence-electron chi connectivity index (χ0n) is 9.42. The molecule has 3 nitrogen and oxygen atoms in total. The summed E-state index contributed by atoms with van der Waals surface area (Å²) in [5.74, 6) is 1.40. The summed E-state index contributed by atoms with van der Waals surface area (Å²) in [6.45, 7) is 7.69. The first kappa shape index (κ1) is 11.5. The Hall–Kier alpha value is -0.570. The topological polar surface area (TPSA) is 53.1 Å². The molecule has 0 aromatic carbocycles. The molecular weight excluding hydrogens is 174 g/mol. The monoisotopic (exact) mass is 197 g/mol. The first-order chi connectivity index (χ1) is 6.59. The molecule has 0 amide bonds. The summed E-state index contributed by atoms with van der Waals surface area (Å²) in [5, 5.41) is 7.36. The van der Waals surface area contributed by atoms with E-state index in [0.29, 0.717) is 5.84 Å². The number of amidine groups is 1. The molecule has 1 saturated heterocycles. The highest BCUT2D eigenvalue weighted by Gasteiger charge is 2.16. The molecule has 0 spiro atoms. The second kappa shape index (κ2) is 5.35. The van der Waals surface area contributed by atoms with Crippen molar-refractivity contribution in [3.05, 3.63) is 0 Å². The van der Waals surface area contributed by atoms with Crippen LogP contribution in [0.3, 0.4) is 0 Å². The van der Waals surface area contributed by atoms with Crippen molar-refractivity contribution in [2.45, 2.75) is 33.1 Å². The minimum Gasteiger partial charge on any atom is -0.387 e. The van der Waals surface area contributed by atoms with Gasteiger partial charge in [0.25, 0.3) is 0 Å². The lowest BCUT2D eigenvalue weighted by Gasteiger charge is -2.23. The smallest absolute Gasteiger partial charge is 0.0947 e. The van der Waals surface area contributed by atoms with Crippen LogP contribution in [0.4, 0.5) is 0 Å². The quantitative estimate of drug-likeness (QED) is 0.534. The molecule has 3 heteroatoms. The van der Waals surface area contributed by atoms with Gasteiger partial charge in [-0.05, 0) is 38.3 Å². The Bertz CT molecular complexity index is 191. The molecule has 1 aliphatic rings. The number of nitrogens with one attached hydrogen (secondary N) is 1. The van der Waals surface area contributed by atoms with Gasteiger partial charge in [0.2, 0.25) is 0 Å². The van der Waals surface area contributed by atoms with Crippen LogP contribution in [0.1, 0.15) is 33.1 Å². The van der Waals surface area contributed by atoms with Crippen LogP contribution in [0.25, 0.3) is 0 Å². The highest BCUT2D eigenvalue weighted by atomic mass is 15.1. The predicted molar refractivity (Wildman–Crippen MR) is 60.5 cm³/mol. The highest BCUT2D eigenvalue weighted by Crippen LogP contribution is 2.17. The SMILES string of the molecule is CC1CCCN(CC(C)C(=N)N)CC1. The lowest BCUT2D eigenvalue weighted by atomic mass is 10.0. The number of hydrogen-bond acceptors (Lipinski definition) is 2. The first-order valence-corrected chi connectivity index (χ1v) is 5.66. The molecule has 1 heterocycles. The molecule has 3 N–H and O–H groups in total. The van der Waals surface area contributed by atoms with Crippen molar-refractivity contribution in [2.75, 3.05) is 19.6 Å². The van der Waals surface area contributed by atoms with Crippen molar-refractivity contribution in [1.82, 2.24) is 4.90 Å². The molecule has 0 aliphatic carbocycles. The van der Waals surface area contributed by atoms with Crippen molar-refractivity contribution >= 4 is 5.84 Å². The van der Waals surface area contributed by atoms with Crippen LogP contribution < -0.4 is 5.73 Å². The lowest BCUT2D eigenvalue weighted by Crippen LogP contribution is -2.35. The minimum absolute atomic E-state index is 0.211. The van der Waals surface area contributed by atoms with Crippen molar-refractivity contribution < 1.29 is 0 Å². The van der Waals surface area contributed by atoms with Crippen LogP contribution in [0.5, 0.6) is 0 Å². The molecule has 0 bridgehead atoms. The Morgan fingerprint density at radius 1 is 1.50 bits per heavy atom. The van der Waals surface area contributed by atoms with Crippen LogP contribution in [-0.2, 0) is 0 Å². The van der Waals surface area contributed by atoms with Gasteiger partial charge in [-0.15, -0.1) is 0 Å². The van der Waals surface area contributed by atoms with Gasteiger partial charge in [0, 0.05) is 12.5 Å². The number of nitrogens with zero attached hydrogens (tertiary/aromatic N) is 1. The summed E-state index contributed by atoms with van der Waals surface area (Å²) in [6, 6.07) is 0. The van der Waals surface area contributed by atoms with E-state index in [4.69, 9.17) is 11.1 Å². The van der Waals surface area contributed by atoms with Gasteiger partial charge in [-0.25, -0.2) is 0 Å². The Kier molecular flexibility index (Phi) is 4.39. The van der Waals surface area contributed by atoms with E-state index in [0.717, 1.165) is 12.5 Å². The molecule has 14 heavy (non-hydrogen) atoms. The zero-order chi connectivity index (χ0) is 10.6. The maximum atomic E-state index is 7.36. The van der Waals surface area contributed by atoms with Gasteiger partial charge in [0.1, 0.15) is 0 Å². The Balaban J connectivity index is 2.33. The van der Waals surface area contributed by atoms with Gasteiger partial charge >= 0.3 is 0 Å². The van der Waals surface area contributed by atoms with Gasteiger partial charge in [0.05, 0.1) is 5.84 Å². The van der Waals surface area contributed by atoms with E-state index in [-0.39, 0.29) is 5.92 Å². The minimum atomic E-state index is 0.211. The molecule has 0 aromatic heterocycles. The first-order valence-electron chi connectivity index (χ1n) is 5.66. The number of nitrogens with two attached hydrogens (primary N) is 1. The van der Waals surface area contributed by atoms with E-state index in [1.54, 1.807) is 0 Å². The zero-order valence-corrected chi connectivity index (χ0v) is 9.42. The number of likely N-dealkylation sites (tertiary alicyclic amines) is 1. The van der Waals surface area contributed by atoms with Crippen molar-refractivity contribution in [1.29, 1.82) is 5.41 Å². The lowest BCUT2D eigenvalue weighted by molar-refractivity contribution is 0.265. The van der Waals surface area contributed by atoms with E-state index in [9.17, 15) is 0 Å². The van der Waals surface area contributed by atoms with Crippen LogP contribution >= 0.6 is 0 Å².